The van der Waals surface area contributed by atoms with Crippen molar-refractivity contribution in [2.45, 2.75) is 6.42 Å². The predicted molar refractivity (Wildman–Crippen MR) is 116 cm³/mol. The molecule has 0 spiro atoms. The molecule has 0 atom stereocenters. The minimum atomic E-state index is -0.172. The number of thiocarbonyl (C=S) groups is 1. The van der Waals surface area contributed by atoms with Crippen molar-refractivity contribution >= 4 is 55.6 Å². The van der Waals surface area contributed by atoms with Gasteiger partial charge >= 0.3 is 0 Å². The molecule has 0 aliphatic heterocycles. The molecule has 0 radical (unpaired) electrons. The zero-order valence-electron chi connectivity index (χ0n) is 14.4. The molecule has 0 fully saturated rings. The highest BCUT2D eigenvalue weighted by Gasteiger charge is 2.10. The maximum Gasteiger partial charge on any atom is 0.230 e. The van der Waals surface area contributed by atoms with Crippen molar-refractivity contribution in [1.29, 1.82) is 0 Å². The summed E-state index contributed by atoms with van der Waals surface area (Å²) in [4.78, 5) is 16.6. The minimum Gasteiger partial charge on any atom is -0.496 e. The number of carbonyl (C=O) groups excluding carboxylic acids is 1. The van der Waals surface area contributed by atoms with E-state index >= 15 is 0 Å². The third-order valence-corrected chi connectivity index (χ3v) is 5.21. The summed E-state index contributed by atoms with van der Waals surface area (Å²) in [5, 5.41) is 8.39. The average Bonchev–Trinajstić information content (AvgIpc) is 3.10. The number of thiazole rings is 1. The van der Waals surface area contributed by atoms with Crippen molar-refractivity contribution in [2.24, 2.45) is 0 Å². The summed E-state index contributed by atoms with van der Waals surface area (Å²) in [6, 6.07) is 15.3. The first kappa shape index (κ1) is 19.5. The number of benzene rings is 2. The maximum absolute atomic E-state index is 12.1. The van der Waals surface area contributed by atoms with Crippen molar-refractivity contribution in [2.75, 3.05) is 12.4 Å². The maximum atomic E-state index is 12.1. The number of carbonyl (C=O) groups is 1. The van der Waals surface area contributed by atoms with Gasteiger partial charge in [-0.05, 0) is 51.9 Å². The number of nitrogens with zero attached hydrogens (tertiary/aromatic N) is 1. The Bertz CT molecular complexity index is 961. The van der Waals surface area contributed by atoms with Crippen molar-refractivity contribution < 1.29 is 9.53 Å². The molecule has 1 heterocycles. The Labute approximate surface area is 174 Å². The van der Waals surface area contributed by atoms with Gasteiger partial charge in [-0.15, -0.1) is 11.3 Å². The molecule has 1 aromatic heterocycles. The monoisotopic (exact) mass is 461 g/mol. The molecule has 138 valence electrons. The third-order valence-electron chi connectivity index (χ3n) is 3.63. The molecule has 1 amide bonds. The van der Waals surface area contributed by atoms with Crippen LogP contribution in [0.2, 0.25) is 0 Å². The first-order valence-electron chi connectivity index (χ1n) is 7.99. The van der Waals surface area contributed by atoms with E-state index in [2.05, 4.69) is 31.5 Å². The van der Waals surface area contributed by atoms with Gasteiger partial charge in [-0.25, -0.2) is 4.98 Å². The molecule has 8 heteroatoms. The van der Waals surface area contributed by atoms with Crippen molar-refractivity contribution in [1.82, 2.24) is 10.3 Å². The van der Waals surface area contributed by atoms with E-state index in [1.165, 1.54) is 11.3 Å². The van der Waals surface area contributed by atoms with Gasteiger partial charge in [0.05, 0.1) is 23.7 Å². The van der Waals surface area contributed by atoms with Crippen LogP contribution >= 0.6 is 39.5 Å². The number of amides is 1. The number of aromatic nitrogens is 1. The molecule has 3 rings (SSSR count). The normalized spacial score (nSPS) is 10.3. The van der Waals surface area contributed by atoms with Gasteiger partial charge in [-0.1, -0.05) is 30.3 Å². The molecule has 0 saturated carbocycles. The molecule has 0 aliphatic carbocycles. The van der Waals surface area contributed by atoms with E-state index in [0.717, 1.165) is 27.0 Å². The number of hydrogen-bond acceptors (Lipinski definition) is 5. The average molecular weight is 462 g/mol. The Morgan fingerprint density at radius 3 is 2.74 bits per heavy atom. The second-order valence-electron chi connectivity index (χ2n) is 5.55. The van der Waals surface area contributed by atoms with Crippen molar-refractivity contribution in [3.05, 3.63) is 63.9 Å². The lowest BCUT2D eigenvalue weighted by atomic mass is 10.1. The minimum absolute atomic E-state index is 0.172. The summed E-state index contributed by atoms with van der Waals surface area (Å²) in [6.45, 7) is 0. The number of anilines is 1. The van der Waals surface area contributed by atoms with Gasteiger partial charge in [-0.3, -0.25) is 4.79 Å². The highest BCUT2D eigenvalue weighted by atomic mass is 79.9. The summed E-state index contributed by atoms with van der Waals surface area (Å²) in [5.41, 5.74) is 2.69. The van der Waals surface area contributed by atoms with Crippen LogP contribution in [0.3, 0.4) is 0 Å². The van der Waals surface area contributed by atoms with Gasteiger partial charge in [0.1, 0.15) is 5.75 Å². The number of ether oxygens (including phenoxy) is 1. The van der Waals surface area contributed by atoms with Gasteiger partial charge in [0.25, 0.3) is 0 Å². The fourth-order valence-corrected chi connectivity index (χ4v) is 3.91. The van der Waals surface area contributed by atoms with E-state index in [1.54, 1.807) is 7.11 Å². The Hall–Kier alpha value is -2.29. The Morgan fingerprint density at radius 2 is 2.04 bits per heavy atom. The fraction of sp³-hybridized carbons (Fsp3) is 0.105. The molecule has 27 heavy (non-hydrogen) atoms. The van der Waals surface area contributed by atoms with E-state index in [9.17, 15) is 4.79 Å². The van der Waals surface area contributed by atoms with Crippen molar-refractivity contribution in [3.63, 3.8) is 0 Å². The van der Waals surface area contributed by atoms with E-state index in [4.69, 9.17) is 17.0 Å². The highest BCUT2D eigenvalue weighted by Crippen LogP contribution is 2.31. The number of hydrogen-bond donors (Lipinski definition) is 2. The van der Waals surface area contributed by atoms with Crippen LogP contribution in [-0.4, -0.2) is 23.1 Å². The number of methoxy groups -OCH3 is 1. The van der Waals surface area contributed by atoms with Crippen LogP contribution in [0.1, 0.15) is 5.56 Å². The zero-order chi connectivity index (χ0) is 19.2. The SMILES string of the molecule is COc1ccc(-c2csc(NC(=S)NC(=O)Cc3ccccc3)n2)cc1Br. The van der Waals surface area contributed by atoms with Crippen LogP contribution in [-0.2, 0) is 11.2 Å². The van der Waals surface area contributed by atoms with Crippen LogP contribution in [0.5, 0.6) is 5.75 Å². The topological polar surface area (TPSA) is 63.2 Å². The molecular formula is C19H16BrN3O2S2. The molecule has 0 saturated heterocycles. The molecule has 5 nitrogen and oxygen atoms in total. The van der Waals surface area contributed by atoms with Gasteiger partial charge in [0.2, 0.25) is 5.91 Å². The smallest absolute Gasteiger partial charge is 0.230 e. The lowest BCUT2D eigenvalue weighted by molar-refractivity contribution is -0.119. The van der Waals surface area contributed by atoms with Gasteiger partial charge in [-0.2, -0.15) is 0 Å². The summed E-state index contributed by atoms with van der Waals surface area (Å²) < 4.78 is 6.09. The summed E-state index contributed by atoms with van der Waals surface area (Å²) in [5.74, 6) is 0.587. The number of rotatable bonds is 5. The van der Waals surface area contributed by atoms with E-state index in [1.807, 2.05) is 53.9 Å². The molecule has 0 bridgehead atoms. The number of nitrogens with one attached hydrogen (secondary N) is 2. The highest BCUT2D eigenvalue weighted by molar-refractivity contribution is 9.10. The molecule has 3 aromatic rings. The quantitative estimate of drug-likeness (QED) is 0.541. The van der Waals surface area contributed by atoms with Crippen LogP contribution in [0.15, 0.2) is 58.4 Å². The zero-order valence-corrected chi connectivity index (χ0v) is 17.6. The molecular weight excluding hydrogens is 446 g/mol. The predicted octanol–water partition coefficient (Wildman–Crippen LogP) is 4.64. The fourth-order valence-electron chi connectivity index (χ4n) is 2.37. The number of halogens is 1. The first-order chi connectivity index (χ1) is 13.0. The molecule has 2 N–H and O–H groups in total. The van der Waals surface area contributed by atoms with Gasteiger partial charge in [0.15, 0.2) is 10.2 Å². The summed E-state index contributed by atoms with van der Waals surface area (Å²) >= 11 is 10.1. The Balaban J connectivity index is 1.59. The third kappa shape index (κ3) is 5.35. The van der Waals surface area contributed by atoms with E-state index < -0.39 is 0 Å². The lowest BCUT2D eigenvalue weighted by Gasteiger charge is -2.07. The van der Waals surface area contributed by atoms with Crippen molar-refractivity contribution in [3.8, 4) is 17.0 Å². The summed E-state index contributed by atoms with van der Waals surface area (Å²) in [6.07, 6.45) is 0.269. The van der Waals surface area contributed by atoms with E-state index in [-0.39, 0.29) is 17.4 Å². The largest absolute Gasteiger partial charge is 0.496 e. The van der Waals surface area contributed by atoms with Gasteiger partial charge in [0, 0.05) is 10.9 Å². The first-order valence-corrected chi connectivity index (χ1v) is 10.1. The standard InChI is InChI=1S/C19H16BrN3O2S2/c1-25-16-8-7-13(10-14(16)20)15-11-27-19(21-15)23-18(26)22-17(24)9-12-5-3-2-4-6-12/h2-8,10-11H,9H2,1H3,(H2,21,22,23,24,26). The second kappa shape index (κ2) is 9.07. The van der Waals surface area contributed by atoms with Crippen LogP contribution in [0, 0.1) is 0 Å². The molecule has 0 unspecified atom stereocenters. The van der Waals surface area contributed by atoms with Crippen LogP contribution in [0.4, 0.5) is 5.13 Å². The molecule has 2 aromatic carbocycles. The summed E-state index contributed by atoms with van der Waals surface area (Å²) in [7, 11) is 1.62. The van der Waals surface area contributed by atoms with Gasteiger partial charge < -0.3 is 15.4 Å². The van der Waals surface area contributed by atoms with Crippen LogP contribution < -0.4 is 15.4 Å². The van der Waals surface area contributed by atoms with E-state index in [0.29, 0.717) is 5.13 Å². The second-order valence-corrected chi connectivity index (χ2v) is 7.67. The lowest BCUT2D eigenvalue weighted by Crippen LogP contribution is -2.35. The Morgan fingerprint density at radius 1 is 1.26 bits per heavy atom. The van der Waals surface area contributed by atoms with Crippen LogP contribution in [0.25, 0.3) is 11.3 Å². The Kier molecular flexibility index (Phi) is 6.54. The molecule has 0 aliphatic rings.